The van der Waals surface area contributed by atoms with Gasteiger partial charge in [-0.3, -0.25) is 9.59 Å². The van der Waals surface area contributed by atoms with Crippen LogP contribution in [0.25, 0.3) is 0 Å². The normalized spacial score (nSPS) is 18.4. The van der Waals surface area contributed by atoms with Crippen LogP contribution in [0.1, 0.15) is 17.9 Å². The van der Waals surface area contributed by atoms with Crippen molar-refractivity contribution in [3.05, 3.63) is 35.9 Å². The number of halogens is 1. The third-order valence-corrected chi connectivity index (χ3v) is 3.62. The van der Waals surface area contributed by atoms with Gasteiger partial charge in [-0.2, -0.15) is 0 Å². The predicted octanol–water partition coefficient (Wildman–Crippen LogP) is 0.860. The van der Waals surface area contributed by atoms with Crippen LogP contribution in [0.3, 0.4) is 0 Å². The number of ether oxygens (including phenoxy) is 2. The number of carbonyl (C=O) groups excluding carboxylic acids is 2. The quantitative estimate of drug-likeness (QED) is 0.750. The molecule has 0 aliphatic carbocycles. The van der Waals surface area contributed by atoms with Crippen LogP contribution < -0.4 is 10.6 Å². The van der Waals surface area contributed by atoms with Crippen molar-refractivity contribution < 1.29 is 19.1 Å². The van der Waals surface area contributed by atoms with Gasteiger partial charge in [0.2, 0.25) is 5.91 Å². The predicted molar refractivity (Wildman–Crippen MR) is 88.7 cm³/mol. The highest BCUT2D eigenvalue weighted by molar-refractivity contribution is 5.85. The van der Waals surface area contributed by atoms with E-state index >= 15 is 0 Å². The summed E-state index contributed by atoms with van der Waals surface area (Å²) in [6.45, 7) is 2.19. The maximum Gasteiger partial charge on any atom is 0.314 e. The highest BCUT2D eigenvalue weighted by Gasteiger charge is 2.23. The highest BCUT2D eigenvalue weighted by Crippen LogP contribution is 2.16. The molecule has 2 rings (SSSR count). The van der Waals surface area contributed by atoms with Crippen molar-refractivity contribution in [2.75, 3.05) is 33.4 Å². The molecule has 0 radical (unpaired) electrons. The molecule has 1 aromatic rings. The zero-order valence-corrected chi connectivity index (χ0v) is 13.9. The van der Waals surface area contributed by atoms with Crippen LogP contribution >= 0.6 is 12.4 Å². The van der Waals surface area contributed by atoms with Gasteiger partial charge in [0.25, 0.3) is 0 Å². The van der Waals surface area contributed by atoms with Crippen molar-refractivity contribution in [3.8, 4) is 0 Å². The number of rotatable bonds is 6. The van der Waals surface area contributed by atoms with Crippen molar-refractivity contribution in [1.29, 1.82) is 0 Å². The Labute approximate surface area is 142 Å². The topological polar surface area (TPSA) is 76.7 Å². The largest absolute Gasteiger partial charge is 0.468 e. The number of hydrogen-bond acceptors (Lipinski definition) is 5. The minimum atomic E-state index is -0.495. The van der Waals surface area contributed by atoms with E-state index in [0.717, 1.165) is 12.1 Å². The summed E-state index contributed by atoms with van der Waals surface area (Å²) in [6.07, 6.45) is 0.336. The molecule has 0 aromatic heterocycles. The van der Waals surface area contributed by atoms with E-state index in [-0.39, 0.29) is 36.9 Å². The molecule has 1 amide bonds. The Bertz CT molecular complexity index is 492. The van der Waals surface area contributed by atoms with Crippen LogP contribution in [-0.4, -0.2) is 51.3 Å². The molecule has 7 heteroatoms. The first kappa shape index (κ1) is 19.4. The third-order valence-electron chi connectivity index (χ3n) is 3.62. The summed E-state index contributed by atoms with van der Waals surface area (Å²) in [5.74, 6) is -0.954. The van der Waals surface area contributed by atoms with Gasteiger partial charge in [-0.15, -0.1) is 12.4 Å². The van der Waals surface area contributed by atoms with Crippen LogP contribution in [-0.2, 0) is 19.1 Å². The van der Waals surface area contributed by atoms with Crippen molar-refractivity contribution in [2.24, 2.45) is 0 Å². The SMILES string of the molecule is COC(=O)C(CNC(=O)CC1COCCN1)c1ccccc1.Cl. The Kier molecular flexibility index (Phi) is 8.61. The van der Waals surface area contributed by atoms with Crippen molar-refractivity contribution in [1.82, 2.24) is 10.6 Å². The van der Waals surface area contributed by atoms with Crippen molar-refractivity contribution in [3.63, 3.8) is 0 Å². The van der Waals surface area contributed by atoms with Crippen molar-refractivity contribution in [2.45, 2.75) is 18.4 Å². The van der Waals surface area contributed by atoms with Crippen LogP contribution in [0.5, 0.6) is 0 Å². The Morgan fingerprint density at radius 3 is 2.74 bits per heavy atom. The number of hydrogen-bond donors (Lipinski definition) is 2. The fourth-order valence-electron chi connectivity index (χ4n) is 2.43. The summed E-state index contributed by atoms with van der Waals surface area (Å²) < 4.78 is 10.1. The lowest BCUT2D eigenvalue weighted by molar-refractivity contribution is -0.142. The molecule has 1 aromatic carbocycles. The minimum absolute atomic E-state index is 0. The molecule has 2 atom stereocenters. The molecular formula is C16H23ClN2O4. The molecule has 1 saturated heterocycles. The van der Waals surface area contributed by atoms with E-state index in [9.17, 15) is 9.59 Å². The molecule has 2 unspecified atom stereocenters. The van der Waals surface area contributed by atoms with E-state index in [0.29, 0.717) is 19.6 Å². The van der Waals surface area contributed by atoms with E-state index in [1.807, 2.05) is 30.3 Å². The zero-order chi connectivity index (χ0) is 15.8. The first-order valence-electron chi connectivity index (χ1n) is 7.41. The summed E-state index contributed by atoms with van der Waals surface area (Å²) in [6, 6.07) is 9.33. The Morgan fingerprint density at radius 2 is 2.13 bits per heavy atom. The minimum Gasteiger partial charge on any atom is -0.468 e. The molecular weight excluding hydrogens is 320 g/mol. The summed E-state index contributed by atoms with van der Waals surface area (Å²) in [4.78, 5) is 23.9. The first-order valence-corrected chi connectivity index (χ1v) is 7.41. The number of esters is 1. The highest BCUT2D eigenvalue weighted by atomic mass is 35.5. The molecule has 1 aliphatic heterocycles. The van der Waals surface area contributed by atoms with Crippen LogP contribution in [0.2, 0.25) is 0 Å². The summed E-state index contributed by atoms with van der Waals surface area (Å²) >= 11 is 0. The lowest BCUT2D eigenvalue weighted by Gasteiger charge is -2.23. The second-order valence-corrected chi connectivity index (χ2v) is 5.22. The molecule has 1 aliphatic rings. The second-order valence-electron chi connectivity index (χ2n) is 5.22. The standard InChI is InChI=1S/C16H22N2O4.ClH/c1-21-16(20)14(12-5-3-2-4-6-12)10-18-15(19)9-13-11-22-8-7-17-13;/h2-6,13-14,17H,7-11H2,1H3,(H,18,19);1H. The fourth-order valence-corrected chi connectivity index (χ4v) is 2.43. The van der Waals surface area contributed by atoms with E-state index in [2.05, 4.69) is 10.6 Å². The van der Waals surface area contributed by atoms with Crippen molar-refractivity contribution >= 4 is 24.3 Å². The molecule has 1 heterocycles. The average Bonchev–Trinajstić information content (AvgIpc) is 2.56. The summed E-state index contributed by atoms with van der Waals surface area (Å²) in [5.41, 5.74) is 0.828. The zero-order valence-electron chi connectivity index (χ0n) is 13.1. The molecule has 6 nitrogen and oxygen atoms in total. The number of benzene rings is 1. The number of carbonyl (C=O) groups is 2. The lowest BCUT2D eigenvalue weighted by Crippen LogP contribution is -2.44. The molecule has 0 bridgehead atoms. The maximum absolute atomic E-state index is 12.0. The molecule has 0 spiro atoms. The van der Waals surface area contributed by atoms with Gasteiger partial charge < -0.3 is 20.1 Å². The first-order chi connectivity index (χ1) is 10.7. The van der Waals surface area contributed by atoms with Gasteiger partial charge in [0, 0.05) is 25.6 Å². The van der Waals surface area contributed by atoms with E-state index in [1.54, 1.807) is 0 Å². The van der Waals surface area contributed by atoms with Gasteiger partial charge in [0.1, 0.15) is 0 Å². The average molecular weight is 343 g/mol. The maximum atomic E-state index is 12.0. The number of methoxy groups -OCH3 is 1. The smallest absolute Gasteiger partial charge is 0.314 e. The number of amides is 1. The van der Waals surface area contributed by atoms with Crippen LogP contribution in [0.15, 0.2) is 30.3 Å². The van der Waals surface area contributed by atoms with Gasteiger partial charge in [0.15, 0.2) is 0 Å². The van der Waals surface area contributed by atoms with Crippen LogP contribution in [0, 0.1) is 0 Å². The van der Waals surface area contributed by atoms with E-state index in [4.69, 9.17) is 9.47 Å². The third kappa shape index (κ3) is 6.17. The number of nitrogens with one attached hydrogen (secondary N) is 2. The van der Waals surface area contributed by atoms with Gasteiger partial charge in [-0.05, 0) is 5.56 Å². The summed E-state index contributed by atoms with van der Waals surface area (Å²) in [5, 5.41) is 6.03. The number of morpholine rings is 1. The Morgan fingerprint density at radius 1 is 1.39 bits per heavy atom. The lowest BCUT2D eigenvalue weighted by atomic mass is 9.99. The van der Waals surface area contributed by atoms with Gasteiger partial charge in [-0.1, -0.05) is 30.3 Å². The van der Waals surface area contributed by atoms with Crippen LogP contribution in [0.4, 0.5) is 0 Å². The Hall–Kier alpha value is -1.63. The monoisotopic (exact) mass is 342 g/mol. The molecule has 23 heavy (non-hydrogen) atoms. The molecule has 1 fully saturated rings. The second kappa shape index (κ2) is 10.2. The molecule has 0 saturated carbocycles. The van der Waals surface area contributed by atoms with Gasteiger partial charge in [-0.25, -0.2) is 0 Å². The van der Waals surface area contributed by atoms with E-state index < -0.39 is 5.92 Å². The Balaban J connectivity index is 0.00000264. The molecule has 2 N–H and O–H groups in total. The summed E-state index contributed by atoms with van der Waals surface area (Å²) in [7, 11) is 1.35. The fraction of sp³-hybridized carbons (Fsp3) is 0.500. The van der Waals surface area contributed by atoms with Gasteiger partial charge in [0.05, 0.1) is 26.2 Å². The molecule has 128 valence electrons. The van der Waals surface area contributed by atoms with E-state index in [1.165, 1.54) is 7.11 Å². The van der Waals surface area contributed by atoms with Gasteiger partial charge >= 0.3 is 5.97 Å².